The van der Waals surface area contributed by atoms with E-state index < -0.39 is 10.0 Å². The highest BCUT2D eigenvalue weighted by molar-refractivity contribution is 7.89. The van der Waals surface area contributed by atoms with Gasteiger partial charge in [0.25, 0.3) is 15.9 Å². The van der Waals surface area contributed by atoms with E-state index in [-0.39, 0.29) is 16.4 Å². The number of carbonyl (C=O) groups is 1. The topological polar surface area (TPSA) is 75.7 Å². The van der Waals surface area contributed by atoms with Crippen LogP contribution < -0.4 is 5.32 Å². The Morgan fingerprint density at radius 2 is 1.83 bits per heavy atom. The van der Waals surface area contributed by atoms with Crippen molar-refractivity contribution in [1.29, 1.82) is 0 Å². The summed E-state index contributed by atoms with van der Waals surface area (Å²) in [7, 11) is -1.23. The van der Waals surface area contributed by atoms with Gasteiger partial charge in [-0.2, -0.15) is 0 Å². The Labute approximate surface area is 135 Å². The number of hydrogen-bond acceptors (Lipinski definition) is 4. The van der Waals surface area contributed by atoms with Crippen LogP contribution in [0.25, 0.3) is 0 Å². The van der Waals surface area contributed by atoms with Gasteiger partial charge in [-0.15, -0.1) is 0 Å². The lowest BCUT2D eigenvalue weighted by molar-refractivity contribution is -0.0258. The summed E-state index contributed by atoms with van der Waals surface area (Å²) >= 11 is 0. The molecule has 2 rings (SSSR count). The Morgan fingerprint density at radius 3 is 2.48 bits per heavy atom. The number of rotatable bonds is 6. The standard InChI is InChI=1S/C16H18N2O4S/c1-18(22-2)23(20,21)15-10-6-9-14(11-15)16(19)17-12-13-7-4-3-5-8-13/h3-11H,12H2,1-2H3,(H,17,19). The van der Waals surface area contributed by atoms with Gasteiger partial charge >= 0.3 is 0 Å². The van der Waals surface area contributed by atoms with Gasteiger partial charge < -0.3 is 5.32 Å². The third kappa shape index (κ3) is 4.16. The van der Waals surface area contributed by atoms with Crippen LogP contribution in [0.2, 0.25) is 0 Å². The summed E-state index contributed by atoms with van der Waals surface area (Å²) in [6.45, 7) is 0.370. The fraction of sp³-hybridized carbons (Fsp3) is 0.188. The summed E-state index contributed by atoms with van der Waals surface area (Å²) in [5.41, 5.74) is 1.23. The van der Waals surface area contributed by atoms with Crippen molar-refractivity contribution < 1.29 is 18.0 Å². The molecule has 0 unspecified atom stereocenters. The SMILES string of the molecule is CON(C)S(=O)(=O)c1cccc(C(=O)NCc2ccccc2)c1. The van der Waals surface area contributed by atoms with Crippen molar-refractivity contribution in [3.63, 3.8) is 0 Å². The maximum Gasteiger partial charge on any atom is 0.264 e. The van der Waals surface area contributed by atoms with Crippen LogP contribution in [0.3, 0.4) is 0 Å². The lowest BCUT2D eigenvalue weighted by atomic mass is 10.2. The Kier molecular flexibility index (Phi) is 5.49. The van der Waals surface area contributed by atoms with Crippen LogP contribution in [0.5, 0.6) is 0 Å². The van der Waals surface area contributed by atoms with Crippen LogP contribution in [0.15, 0.2) is 59.5 Å². The second kappa shape index (κ2) is 7.36. The molecule has 0 spiro atoms. The molecule has 0 aliphatic carbocycles. The molecule has 7 heteroatoms. The highest BCUT2D eigenvalue weighted by Crippen LogP contribution is 2.16. The van der Waals surface area contributed by atoms with Crippen LogP contribution >= 0.6 is 0 Å². The molecule has 23 heavy (non-hydrogen) atoms. The number of hydroxylamine groups is 1. The van der Waals surface area contributed by atoms with Gasteiger partial charge in [-0.3, -0.25) is 9.63 Å². The van der Waals surface area contributed by atoms with Crippen molar-refractivity contribution in [2.75, 3.05) is 14.2 Å². The number of sulfonamides is 1. The number of nitrogens with zero attached hydrogens (tertiary/aromatic N) is 1. The first-order valence-electron chi connectivity index (χ1n) is 6.90. The first-order chi connectivity index (χ1) is 10.9. The summed E-state index contributed by atoms with van der Waals surface area (Å²) < 4.78 is 25.1. The molecule has 0 aliphatic heterocycles. The zero-order valence-corrected chi connectivity index (χ0v) is 13.7. The van der Waals surface area contributed by atoms with Crippen LogP contribution in [0.1, 0.15) is 15.9 Å². The van der Waals surface area contributed by atoms with E-state index in [0.29, 0.717) is 6.54 Å². The predicted molar refractivity (Wildman–Crippen MR) is 86.0 cm³/mol. The monoisotopic (exact) mass is 334 g/mol. The van der Waals surface area contributed by atoms with Gasteiger partial charge in [0.1, 0.15) is 0 Å². The Morgan fingerprint density at radius 1 is 1.13 bits per heavy atom. The summed E-state index contributed by atoms with van der Waals surface area (Å²) in [5, 5.41) is 2.76. The largest absolute Gasteiger partial charge is 0.348 e. The maximum atomic E-state index is 12.2. The summed E-state index contributed by atoms with van der Waals surface area (Å²) in [4.78, 5) is 16.9. The second-order valence-electron chi connectivity index (χ2n) is 4.79. The number of nitrogens with one attached hydrogen (secondary N) is 1. The molecule has 0 saturated carbocycles. The molecule has 0 saturated heterocycles. The molecule has 0 fully saturated rings. The number of amides is 1. The highest BCUT2D eigenvalue weighted by atomic mass is 32.2. The van der Waals surface area contributed by atoms with Crippen molar-refractivity contribution in [1.82, 2.24) is 9.79 Å². The van der Waals surface area contributed by atoms with Crippen molar-refractivity contribution >= 4 is 15.9 Å². The van der Waals surface area contributed by atoms with Gasteiger partial charge in [-0.05, 0) is 23.8 Å². The molecule has 0 radical (unpaired) electrons. The van der Waals surface area contributed by atoms with E-state index in [0.717, 1.165) is 10.0 Å². The Bertz CT molecular complexity index is 776. The van der Waals surface area contributed by atoms with Crippen molar-refractivity contribution in [2.24, 2.45) is 0 Å². The van der Waals surface area contributed by atoms with E-state index in [1.54, 1.807) is 6.07 Å². The summed E-state index contributed by atoms with van der Waals surface area (Å²) in [6, 6.07) is 15.3. The smallest absolute Gasteiger partial charge is 0.264 e. The summed E-state index contributed by atoms with van der Waals surface area (Å²) in [5.74, 6) is -0.342. The molecule has 1 N–H and O–H groups in total. The number of carbonyl (C=O) groups excluding carboxylic acids is 1. The zero-order valence-electron chi connectivity index (χ0n) is 12.9. The molecule has 6 nitrogen and oxygen atoms in total. The van der Waals surface area contributed by atoms with Crippen LogP contribution in [-0.2, 0) is 21.4 Å². The van der Waals surface area contributed by atoms with Gasteiger partial charge in [-0.1, -0.05) is 40.9 Å². The average Bonchev–Trinajstić information content (AvgIpc) is 2.59. The predicted octanol–water partition coefficient (Wildman–Crippen LogP) is 1.80. The van der Waals surface area contributed by atoms with E-state index in [1.165, 1.54) is 32.4 Å². The van der Waals surface area contributed by atoms with Gasteiger partial charge in [0.15, 0.2) is 0 Å². The average molecular weight is 334 g/mol. The van der Waals surface area contributed by atoms with E-state index in [2.05, 4.69) is 5.32 Å². The zero-order chi connectivity index (χ0) is 16.9. The van der Waals surface area contributed by atoms with Crippen LogP contribution in [0, 0.1) is 0 Å². The second-order valence-corrected chi connectivity index (χ2v) is 6.73. The Balaban J connectivity index is 2.15. The molecule has 1 amide bonds. The number of hydrogen-bond donors (Lipinski definition) is 1. The lowest BCUT2D eigenvalue weighted by Crippen LogP contribution is -2.27. The Hall–Kier alpha value is -2.22. The molecule has 0 aromatic heterocycles. The molecule has 0 atom stereocenters. The van der Waals surface area contributed by atoms with Gasteiger partial charge in [0.2, 0.25) is 0 Å². The van der Waals surface area contributed by atoms with Crippen LogP contribution in [0.4, 0.5) is 0 Å². The van der Waals surface area contributed by atoms with Gasteiger partial charge in [-0.25, -0.2) is 8.42 Å². The molecule has 0 bridgehead atoms. The van der Waals surface area contributed by atoms with Gasteiger partial charge in [0, 0.05) is 19.2 Å². The molecule has 2 aromatic carbocycles. The maximum absolute atomic E-state index is 12.2. The first kappa shape index (κ1) is 17.1. The van der Waals surface area contributed by atoms with Crippen LogP contribution in [-0.4, -0.2) is 33.0 Å². The van der Waals surface area contributed by atoms with E-state index >= 15 is 0 Å². The van der Waals surface area contributed by atoms with Crippen molar-refractivity contribution in [3.8, 4) is 0 Å². The minimum Gasteiger partial charge on any atom is -0.348 e. The molecule has 0 heterocycles. The minimum absolute atomic E-state index is 0.00536. The van der Waals surface area contributed by atoms with E-state index in [9.17, 15) is 13.2 Å². The number of benzene rings is 2. The van der Waals surface area contributed by atoms with E-state index in [1.807, 2.05) is 30.3 Å². The normalized spacial score (nSPS) is 11.4. The molecule has 2 aromatic rings. The quantitative estimate of drug-likeness (QED) is 0.817. The molecule has 122 valence electrons. The third-order valence-corrected chi connectivity index (χ3v) is 4.96. The third-order valence-electron chi connectivity index (χ3n) is 3.29. The lowest BCUT2D eigenvalue weighted by Gasteiger charge is -2.14. The first-order valence-corrected chi connectivity index (χ1v) is 8.34. The minimum atomic E-state index is -3.78. The molecular formula is C16H18N2O4S. The fourth-order valence-corrected chi connectivity index (χ4v) is 2.94. The fourth-order valence-electron chi connectivity index (χ4n) is 1.92. The summed E-state index contributed by atoms with van der Waals surface area (Å²) in [6.07, 6.45) is 0. The highest BCUT2D eigenvalue weighted by Gasteiger charge is 2.21. The molecular weight excluding hydrogens is 316 g/mol. The van der Waals surface area contributed by atoms with Gasteiger partial charge in [0.05, 0.1) is 12.0 Å². The van der Waals surface area contributed by atoms with Crippen molar-refractivity contribution in [3.05, 3.63) is 65.7 Å². The molecule has 0 aliphatic rings. The van der Waals surface area contributed by atoms with Crippen molar-refractivity contribution in [2.45, 2.75) is 11.4 Å². The van der Waals surface area contributed by atoms with E-state index in [4.69, 9.17) is 4.84 Å².